The predicted molar refractivity (Wildman–Crippen MR) is 167 cm³/mol. The van der Waals surface area contributed by atoms with E-state index in [1.807, 2.05) is 32.6 Å². The molecule has 1 atom stereocenters. The Balaban J connectivity index is 1.74. The Morgan fingerprint density at radius 3 is 2.50 bits per heavy atom. The van der Waals surface area contributed by atoms with Crippen molar-refractivity contribution in [2.24, 2.45) is 0 Å². The van der Waals surface area contributed by atoms with E-state index in [4.69, 9.17) is 16.6 Å². The van der Waals surface area contributed by atoms with Gasteiger partial charge in [-0.1, -0.05) is 51.9 Å². The Morgan fingerprint density at radius 1 is 1.16 bits per heavy atom. The first kappa shape index (κ1) is 29.5. The van der Waals surface area contributed by atoms with Crippen LogP contribution in [0.15, 0.2) is 42.0 Å². The van der Waals surface area contributed by atoms with Crippen LogP contribution in [0.2, 0.25) is 5.02 Å². The summed E-state index contributed by atoms with van der Waals surface area (Å²) in [5, 5.41) is 14.7. The molecule has 2 aliphatic heterocycles. The Hall–Kier alpha value is -4.58. The number of amides is 1. The maximum Gasteiger partial charge on any atom is 0.355 e. The fourth-order valence-corrected chi connectivity index (χ4v) is 6.34. The Kier molecular flexibility index (Phi) is 7.48. The number of benzene rings is 1. The fourth-order valence-electron chi connectivity index (χ4n) is 6.04. The van der Waals surface area contributed by atoms with E-state index < -0.39 is 11.5 Å². The summed E-state index contributed by atoms with van der Waals surface area (Å²) in [6.07, 6.45) is 2.76. The summed E-state index contributed by atoms with van der Waals surface area (Å²) in [7, 11) is 0. The summed E-state index contributed by atoms with van der Waals surface area (Å²) in [5.74, 6) is -1.11. The van der Waals surface area contributed by atoms with Gasteiger partial charge in [0, 0.05) is 26.2 Å². The highest BCUT2D eigenvalue weighted by atomic mass is 35.5. The lowest BCUT2D eigenvalue weighted by Gasteiger charge is -2.41. The number of halogens is 2. The summed E-state index contributed by atoms with van der Waals surface area (Å²) in [6.45, 7) is 12.9. The second-order valence-corrected chi connectivity index (χ2v) is 11.9. The average molecular weight is 619 g/mol. The van der Waals surface area contributed by atoms with Crippen molar-refractivity contribution in [1.82, 2.24) is 29.4 Å². The molecule has 2 N–H and O–H groups in total. The van der Waals surface area contributed by atoms with Gasteiger partial charge in [0.15, 0.2) is 5.65 Å². The second kappa shape index (κ2) is 11.2. The molecule has 1 aromatic carbocycles. The molecule has 1 unspecified atom stereocenters. The highest BCUT2D eigenvalue weighted by Gasteiger charge is 2.37. The zero-order valence-corrected chi connectivity index (χ0v) is 25.6. The van der Waals surface area contributed by atoms with Gasteiger partial charge in [-0.05, 0) is 30.0 Å². The number of pyridine rings is 1. The van der Waals surface area contributed by atoms with Gasteiger partial charge < -0.3 is 20.2 Å². The van der Waals surface area contributed by atoms with Crippen molar-refractivity contribution in [2.75, 3.05) is 36.4 Å². The molecule has 1 amide bonds. The maximum atomic E-state index is 15.3. The lowest BCUT2D eigenvalue weighted by Crippen LogP contribution is -2.57. The first-order valence-electron chi connectivity index (χ1n) is 14.4. The third kappa shape index (κ3) is 4.64. The number of rotatable bonds is 5. The third-order valence-electron chi connectivity index (χ3n) is 8.13. The number of phenols is 1. The van der Waals surface area contributed by atoms with E-state index in [1.54, 1.807) is 4.90 Å². The number of aromatic nitrogens is 5. The molecule has 0 aliphatic carbocycles. The zero-order chi connectivity index (χ0) is 31.4. The van der Waals surface area contributed by atoms with Gasteiger partial charge in [0.05, 0.1) is 44.8 Å². The molecule has 11 nitrogen and oxygen atoms in total. The van der Waals surface area contributed by atoms with Crippen LogP contribution in [-0.2, 0) is 4.79 Å². The normalized spacial score (nSPS) is 16.2. The smallest absolute Gasteiger partial charge is 0.355 e. The molecular formula is C31H32ClFN8O3. The van der Waals surface area contributed by atoms with Gasteiger partial charge in [0.25, 0.3) is 0 Å². The van der Waals surface area contributed by atoms with Crippen LogP contribution in [0.5, 0.6) is 5.75 Å². The molecule has 0 radical (unpaired) electrons. The Labute approximate surface area is 258 Å². The molecule has 0 bridgehead atoms. The predicted octanol–water partition coefficient (Wildman–Crippen LogP) is 4.61. The lowest BCUT2D eigenvalue weighted by atomic mass is 10.0. The summed E-state index contributed by atoms with van der Waals surface area (Å²) < 4.78 is 16.7. The van der Waals surface area contributed by atoms with Crippen molar-refractivity contribution in [2.45, 2.75) is 45.6 Å². The zero-order valence-electron chi connectivity index (χ0n) is 24.8. The third-order valence-corrected chi connectivity index (χ3v) is 8.50. The van der Waals surface area contributed by atoms with E-state index in [9.17, 15) is 14.7 Å². The lowest BCUT2D eigenvalue weighted by molar-refractivity contribution is -0.126. The number of hydrogen-bond donors (Lipinski definition) is 2. The van der Waals surface area contributed by atoms with Gasteiger partial charge in [-0.3, -0.25) is 4.79 Å². The topological polar surface area (TPSA) is 129 Å². The van der Waals surface area contributed by atoms with E-state index >= 15 is 4.39 Å². The minimum atomic E-state index is -0.729. The van der Waals surface area contributed by atoms with Crippen LogP contribution in [0.4, 0.5) is 15.9 Å². The van der Waals surface area contributed by atoms with Gasteiger partial charge in [0.2, 0.25) is 5.91 Å². The molecule has 2 aliphatic rings. The number of carbonyl (C=O) groups excluding carboxylic acids is 1. The number of nitrogens with zero attached hydrogens (tertiary/aromatic N) is 7. The SMILES string of the molecule is C=CC(=O)N1CCN2c3nc(=O)n(-c4c(C(C)C)ncnc4C(C)C)c4nc(-c5c(O)cccc5F)c(Cl)c(c34)NCC2C1. The summed E-state index contributed by atoms with van der Waals surface area (Å²) in [5.41, 5.74) is 1.37. The van der Waals surface area contributed by atoms with Gasteiger partial charge in [-0.25, -0.2) is 28.7 Å². The minimum absolute atomic E-state index is 0.0417. The molecule has 228 valence electrons. The van der Waals surface area contributed by atoms with E-state index in [-0.39, 0.29) is 51.5 Å². The molecule has 4 aromatic rings. The number of piperazine rings is 1. The van der Waals surface area contributed by atoms with Gasteiger partial charge >= 0.3 is 5.69 Å². The standard InChI is InChI=1S/C31H32ClFN8O3/c1-6-20(43)39-10-11-40-17(13-39)12-34-26-22-29(40)38-31(44)41(28-24(15(2)3)35-14-36-25(28)16(4)5)30(22)37-27(23(26)32)21-18(33)8-7-9-19(21)42/h6-9,14-17,34,42H,1,10-13H2,2-5H3. The van der Waals surface area contributed by atoms with E-state index in [0.717, 1.165) is 0 Å². The van der Waals surface area contributed by atoms with E-state index in [2.05, 4.69) is 26.8 Å². The van der Waals surface area contributed by atoms with Crippen molar-refractivity contribution in [1.29, 1.82) is 0 Å². The van der Waals surface area contributed by atoms with E-state index in [1.165, 1.54) is 35.2 Å². The highest BCUT2D eigenvalue weighted by Crippen LogP contribution is 2.46. The molecule has 5 heterocycles. The van der Waals surface area contributed by atoms with Crippen LogP contribution in [-0.4, -0.2) is 72.6 Å². The van der Waals surface area contributed by atoms with Crippen molar-refractivity contribution < 1.29 is 14.3 Å². The van der Waals surface area contributed by atoms with Crippen LogP contribution in [0.25, 0.3) is 28.0 Å². The molecule has 1 saturated heterocycles. The van der Waals surface area contributed by atoms with Crippen molar-refractivity contribution in [3.63, 3.8) is 0 Å². The summed E-state index contributed by atoms with van der Waals surface area (Å²) in [6, 6.07) is 3.66. The monoisotopic (exact) mass is 618 g/mol. The van der Waals surface area contributed by atoms with Crippen molar-refractivity contribution in [3.05, 3.63) is 69.9 Å². The van der Waals surface area contributed by atoms with E-state index in [0.29, 0.717) is 60.1 Å². The van der Waals surface area contributed by atoms with Crippen LogP contribution < -0.4 is 15.9 Å². The molecule has 0 spiro atoms. The van der Waals surface area contributed by atoms with Gasteiger partial charge in [-0.2, -0.15) is 4.98 Å². The number of hydrogen-bond acceptors (Lipinski definition) is 9. The quantitative estimate of drug-likeness (QED) is 0.308. The van der Waals surface area contributed by atoms with Gasteiger partial charge in [-0.15, -0.1) is 0 Å². The average Bonchev–Trinajstić information content (AvgIpc) is 3.15. The number of carbonyl (C=O) groups is 1. The summed E-state index contributed by atoms with van der Waals surface area (Å²) >= 11 is 7.01. The number of fused-ring (bicyclic) bond motifs is 2. The Bertz CT molecular complexity index is 1850. The highest BCUT2D eigenvalue weighted by molar-refractivity contribution is 6.37. The Morgan fingerprint density at radius 2 is 1.86 bits per heavy atom. The largest absolute Gasteiger partial charge is 0.507 e. The first-order chi connectivity index (χ1) is 21.0. The number of anilines is 2. The van der Waals surface area contributed by atoms with Crippen LogP contribution in [0, 0.1) is 5.82 Å². The fraction of sp³-hybridized carbons (Fsp3) is 0.355. The molecule has 0 saturated carbocycles. The first-order valence-corrected chi connectivity index (χ1v) is 14.8. The number of aromatic hydroxyl groups is 1. The minimum Gasteiger partial charge on any atom is -0.507 e. The van der Waals surface area contributed by atoms with Crippen LogP contribution >= 0.6 is 11.6 Å². The number of phenolic OH excluding ortho intramolecular Hbond substituents is 1. The summed E-state index contributed by atoms with van der Waals surface area (Å²) in [4.78, 5) is 48.9. The van der Waals surface area contributed by atoms with Crippen LogP contribution in [0.1, 0.15) is 50.9 Å². The molecule has 3 aromatic heterocycles. The number of nitrogens with one attached hydrogen (secondary N) is 1. The van der Waals surface area contributed by atoms with Crippen LogP contribution in [0.3, 0.4) is 0 Å². The van der Waals surface area contributed by atoms with Gasteiger partial charge in [0.1, 0.15) is 29.4 Å². The maximum absolute atomic E-state index is 15.3. The van der Waals surface area contributed by atoms with Crippen molar-refractivity contribution in [3.8, 4) is 22.7 Å². The molecule has 6 rings (SSSR count). The molecular weight excluding hydrogens is 587 g/mol. The molecule has 44 heavy (non-hydrogen) atoms. The molecule has 1 fully saturated rings. The second-order valence-electron chi connectivity index (χ2n) is 11.6. The molecule has 13 heteroatoms. The van der Waals surface area contributed by atoms with Crippen molar-refractivity contribution >= 4 is 40.0 Å².